The van der Waals surface area contributed by atoms with Gasteiger partial charge in [0.05, 0.1) is 5.52 Å². The van der Waals surface area contributed by atoms with Gasteiger partial charge >= 0.3 is 0 Å². The number of pyridine rings is 1. The number of hydrogen-bond donors (Lipinski definition) is 1. The quantitative estimate of drug-likeness (QED) is 0.774. The maximum Gasteiger partial charge on any atom is 0.0705 e. The van der Waals surface area contributed by atoms with Crippen molar-refractivity contribution in [2.75, 3.05) is 13.1 Å². The van der Waals surface area contributed by atoms with E-state index in [1.54, 1.807) is 0 Å². The van der Waals surface area contributed by atoms with Crippen LogP contribution in [-0.2, 0) is 0 Å². The van der Waals surface area contributed by atoms with Gasteiger partial charge in [-0.2, -0.15) is 0 Å². The smallest absolute Gasteiger partial charge is 0.0705 e. The lowest BCUT2D eigenvalue weighted by Crippen LogP contribution is -2.56. The predicted molar refractivity (Wildman–Crippen MR) is 112 cm³/mol. The fraction of sp³-hybridized carbons (Fsp3) is 0.421. The average molecular weight is 403 g/mol. The van der Waals surface area contributed by atoms with Crippen molar-refractivity contribution in [3.05, 3.63) is 54.7 Å². The largest absolute Gasteiger partial charge is 0.323 e. The summed E-state index contributed by atoms with van der Waals surface area (Å²) in [6, 6.07) is 10.9. The molecule has 0 radical (unpaired) electrons. The number of hydrogen-bond acceptors (Lipinski definition) is 3. The fourth-order valence-corrected chi connectivity index (χ4v) is 4.37. The van der Waals surface area contributed by atoms with Crippen LogP contribution in [-0.4, -0.2) is 29.0 Å². The molecule has 3 fully saturated rings. The molecule has 5 unspecified atom stereocenters. The number of halogens is 3. The van der Waals surface area contributed by atoms with Gasteiger partial charge in [-0.1, -0.05) is 24.3 Å². The Balaban J connectivity index is 0.00000104. The van der Waals surface area contributed by atoms with Crippen molar-refractivity contribution >= 4 is 48.1 Å². The number of para-hydroxylation sites is 1. The standard InChI is InChI=1S/C19H23N3.3ClH/c1-2-13-12-22-10-8-14(13)11-18(22)19(20)16-7-9-21-17-6-4-3-5-15(16)17;;;/h2-7,9,13-14,18-19H,1,8,10-12,20H2;3*1H. The second kappa shape index (κ2) is 9.20. The van der Waals surface area contributed by atoms with E-state index in [0.29, 0.717) is 12.0 Å². The van der Waals surface area contributed by atoms with Crippen LogP contribution in [0.4, 0.5) is 0 Å². The van der Waals surface area contributed by atoms with Crippen LogP contribution in [0.1, 0.15) is 24.4 Å². The van der Waals surface area contributed by atoms with E-state index >= 15 is 0 Å². The molecule has 0 aliphatic carbocycles. The molecule has 0 amide bonds. The summed E-state index contributed by atoms with van der Waals surface area (Å²) in [5.41, 5.74) is 8.99. The summed E-state index contributed by atoms with van der Waals surface area (Å²) in [4.78, 5) is 7.04. The van der Waals surface area contributed by atoms with Crippen LogP contribution in [0.2, 0.25) is 0 Å². The van der Waals surface area contributed by atoms with Gasteiger partial charge in [-0.25, -0.2) is 0 Å². The molecule has 25 heavy (non-hydrogen) atoms. The number of nitrogens with zero attached hydrogens (tertiary/aromatic N) is 2. The van der Waals surface area contributed by atoms with Crippen molar-refractivity contribution < 1.29 is 0 Å². The van der Waals surface area contributed by atoms with E-state index in [0.717, 1.165) is 18.0 Å². The number of aromatic nitrogens is 1. The lowest BCUT2D eigenvalue weighted by atomic mass is 9.73. The highest BCUT2D eigenvalue weighted by molar-refractivity contribution is 5.86. The van der Waals surface area contributed by atoms with Crippen molar-refractivity contribution in [3.8, 4) is 0 Å². The zero-order valence-electron chi connectivity index (χ0n) is 14.1. The molecule has 0 spiro atoms. The first kappa shape index (κ1) is 22.2. The summed E-state index contributed by atoms with van der Waals surface area (Å²) in [7, 11) is 0. The van der Waals surface area contributed by atoms with Gasteiger partial charge in [0, 0.05) is 30.2 Å². The van der Waals surface area contributed by atoms with E-state index < -0.39 is 0 Å². The molecule has 2 N–H and O–H groups in total. The van der Waals surface area contributed by atoms with Gasteiger partial charge in [-0.05, 0) is 48.9 Å². The summed E-state index contributed by atoms with van der Waals surface area (Å²) < 4.78 is 0. The highest BCUT2D eigenvalue weighted by Gasteiger charge is 2.41. The number of rotatable bonds is 3. The summed E-state index contributed by atoms with van der Waals surface area (Å²) in [5.74, 6) is 1.40. The van der Waals surface area contributed by atoms with Crippen LogP contribution in [0.3, 0.4) is 0 Å². The molecule has 1 aromatic carbocycles. The molecular formula is C19H26Cl3N3. The molecular weight excluding hydrogens is 377 g/mol. The monoisotopic (exact) mass is 401 g/mol. The van der Waals surface area contributed by atoms with E-state index in [9.17, 15) is 0 Å². The lowest BCUT2D eigenvalue weighted by molar-refractivity contribution is 0.00749. The Hall–Kier alpha value is -0.840. The van der Waals surface area contributed by atoms with E-state index in [-0.39, 0.29) is 43.3 Å². The minimum Gasteiger partial charge on any atom is -0.323 e. The van der Waals surface area contributed by atoms with Crippen LogP contribution >= 0.6 is 37.2 Å². The van der Waals surface area contributed by atoms with Crippen molar-refractivity contribution in [1.29, 1.82) is 0 Å². The fourth-order valence-electron chi connectivity index (χ4n) is 4.37. The van der Waals surface area contributed by atoms with Gasteiger partial charge in [0.1, 0.15) is 0 Å². The third-order valence-corrected chi connectivity index (χ3v) is 5.61. The van der Waals surface area contributed by atoms with Gasteiger partial charge in [0.2, 0.25) is 0 Å². The molecule has 0 saturated carbocycles. The van der Waals surface area contributed by atoms with E-state index in [1.165, 1.54) is 30.3 Å². The van der Waals surface area contributed by atoms with Crippen LogP contribution in [0.5, 0.6) is 0 Å². The minimum atomic E-state index is 0. The average Bonchev–Trinajstić information content (AvgIpc) is 2.60. The first-order valence-corrected chi connectivity index (χ1v) is 8.24. The van der Waals surface area contributed by atoms with Gasteiger partial charge < -0.3 is 5.73 Å². The summed E-state index contributed by atoms with van der Waals surface area (Å²) in [6.07, 6.45) is 6.51. The molecule has 5 atom stereocenters. The minimum absolute atomic E-state index is 0. The lowest BCUT2D eigenvalue weighted by Gasteiger charge is -2.51. The molecule has 3 nitrogen and oxygen atoms in total. The molecule has 3 aliphatic heterocycles. The molecule has 6 heteroatoms. The molecule has 3 saturated heterocycles. The number of benzene rings is 1. The molecule has 4 heterocycles. The Morgan fingerprint density at radius 1 is 1.20 bits per heavy atom. The first-order chi connectivity index (χ1) is 10.8. The SMILES string of the molecule is C=CC1CN2CCC1CC2C(N)c1ccnc2ccccc12.Cl.Cl.Cl. The third kappa shape index (κ3) is 3.96. The highest BCUT2D eigenvalue weighted by Crippen LogP contribution is 2.41. The van der Waals surface area contributed by atoms with E-state index in [1.807, 2.05) is 12.3 Å². The second-order valence-electron chi connectivity index (χ2n) is 6.69. The molecule has 2 bridgehead atoms. The van der Waals surface area contributed by atoms with Crippen LogP contribution in [0.25, 0.3) is 10.9 Å². The maximum atomic E-state index is 6.71. The highest BCUT2D eigenvalue weighted by atomic mass is 35.5. The zero-order chi connectivity index (χ0) is 15.1. The Bertz CT molecular complexity index is 704. The van der Waals surface area contributed by atoms with Crippen LogP contribution in [0, 0.1) is 11.8 Å². The normalized spacial score (nSPS) is 28.2. The van der Waals surface area contributed by atoms with Gasteiger partial charge in [-0.15, -0.1) is 43.8 Å². The summed E-state index contributed by atoms with van der Waals surface area (Å²) in [6.45, 7) is 6.30. The first-order valence-electron chi connectivity index (χ1n) is 8.24. The number of nitrogens with two attached hydrogens (primary N) is 1. The van der Waals surface area contributed by atoms with Crippen LogP contribution in [0.15, 0.2) is 49.2 Å². The Morgan fingerprint density at radius 3 is 2.64 bits per heavy atom. The third-order valence-electron chi connectivity index (χ3n) is 5.61. The second-order valence-corrected chi connectivity index (χ2v) is 6.69. The summed E-state index contributed by atoms with van der Waals surface area (Å²) in [5, 5.41) is 1.19. The Labute approximate surface area is 168 Å². The summed E-state index contributed by atoms with van der Waals surface area (Å²) >= 11 is 0. The maximum absolute atomic E-state index is 6.71. The van der Waals surface area contributed by atoms with Crippen molar-refractivity contribution in [3.63, 3.8) is 0 Å². The Morgan fingerprint density at radius 2 is 1.96 bits per heavy atom. The van der Waals surface area contributed by atoms with Crippen molar-refractivity contribution in [2.24, 2.45) is 17.6 Å². The zero-order valence-corrected chi connectivity index (χ0v) is 16.5. The van der Waals surface area contributed by atoms with Gasteiger partial charge in [-0.3, -0.25) is 9.88 Å². The molecule has 1 aromatic heterocycles. The Kier molecular flexibility index (Phi) is 8.17. The van der Waals surface area contributed by atoms with Crippen molar-refractivity contribution in [2.45, 2.75) is 24.9 Å². The van der Waals surface area contributed by atoms with Gasteiger partial charge in [0.15, 0.2) is 0 Å². The molecule has 2 aromatic rings. The van der Waals surface area contributed by atoms with E-state index in [2.05, 4.69) is 46.8 Å². The molecule has 138 valence electrons. The molecule has 5 rings (SSSR count). The number of fused-ring (bicyclic) bond motifs is 4. The predicted octanol–water partition coefficient (Wildman–Crippen LogP) is 4.40. The molecule has 3 aliphatic rings. The van der Waals surface area contributed by atoms with Crippen LogP contribution < -0.4 is 5.73 Å². The van der Waals surface area contributed by atoms with Gasteiger partial charge in [0.25, 0.3) is 0 Å². The number of piperidine rings is 3. The van der Waals surface area contributed by atoms with E-state index in [4.69, 9.17) is 5.73 Å². The van der Waals surface area contributed by atoms with Crippen molar-refractivity contribution in [1.82, 2.24) is 9.88 Å². The topological polar surface area (TPSA) is 42.1 Å².